The lowest BCUT2D eigenvalue weighted by molar-refractivity contribution is -0.0576. The number of imidazole rings is 1. The summed E-state index contributed by atoms with van der Waals surface area (Å²) in [6.45, 7) is -1.28. The van der Waals surface area contributed by atoms with E-state index in [0.717, 1.165) is 0 Å². The minimum Gasteiger partial charge on any atom is -0.394 e. The average Bonchev–Trinajstić information content (AvgIpc) is 3.28. The van der Waals surface area contributed by atoms with Crippen molar-refractivity contribution < 1.29 is 44.5 Å². The summed E-state index contributed by atoms with van der Waals surface area (Å²) in [5.41, 5.74) is 4.88. The molecule has 0 aliphatic carbocycles. The number of aliphatic hydroxyl groups is 6. The quantitative estimate of drug-likeness (QED) is 0.166. The number of hydrogen-bond donors (Lipinski definition) is 8. The predicted octanol–water partition coefficient (Wildman–Crippen LogP) is -3.03. The topological polar surface area (TPSA) is 246 Å². The zero-order chi connectivity index (χ0) is 22.9. The van der Waals surface area contributed by atoms with Crippen molar-refractivity contribution in [3.05, 3.63) is 16.7 Å². The number of H-pyrrole nitrogens is 1. The molecule has 2 aromatic heterocycles. The third-order valence-electron chi connectivity index (χ3n) is 4.63. The Labute approximate surface area is 176 Å². The Morgan fingerprint density at radius 3 is 2.71 bits per heavy atom. The lowest BCUT2D eigenvalue weighted by atomic mass is 10.1. The Bertz CT molecular complexity index is 975. The van der Waals surface area contributed by atoms with E-state index in [-0.39, 0.29) is 17.1 Å². The van der Waals surface area contributed by atoms with Crippen molar-refractivity contribution in [3.63, 3.8) is 0 Å². The number of aromatic nitrogens is 4. The fourth-order valence-electron chi connectivity index (χ4n) is 2.96. The molecule has 8 atom stereocenters. The van der Waals surface area contributed by atoms with Crippen LogP contribution in [0.4, 0.5) is 5.95 Å². The van der Waals surface area contributed by atoms with Crippen LogP contribution in [-0.2, 0) is 13.8 Å². The van der Waals surface area contributed by atoms with Crippen molar-refractivity contribution in [2.75, 3.05) is 18.9 Å². The highest BCUT2D eigenvalue weighted by Gasteiger charge is 2.45. The Morgan fingerprint density at radius 2 is 2.06 bits per heavy atom. The number of hydrogen-bond acceptors (Lipinski definition) is 13. The van der Waals surface area contributed by atoms with Crippen molar-refractivity contribution >= 4 is 33.1 Å². The van der Waals surface area contributed by atoms with Crippen molar-refractivity contribution in [1.82, 2.24) is 19.5 Å². The lowest BCUT2D eigenvalue weighted by Crippen LogP contribution is -2.38. The van der Waals surface area contributed by atoms with Gasteiger partial charge in [-0.3, -0.25) is 18.9 Å². The molecule has 3 rings (SSSR count). The highest BCUT2D eigenvalue weighted by atomic mass is 32.0. The summed E-state index contributed by atoms with van der Waals surface area (Å²) in [4.78, 5) is 22.0. The van der Waals surface area contributed by atoms with E-state index in [2.05, 4.69) is 15.0 Å². The second-order valence-electron chi connectivity index (χ2n) is 6.66. The number of fused-ring (bicyclic) bond motifs is 1. The molecule has 172 valence electrons. The van der Waals surface area contributed by atoms with E-state index in [4.69, 9.17) is 20.1 Å². The molecule has 0 unspecified atom stereocenters. The summed E-state index contributed by atoms with van der Waals surface area (Å²) in [6.07, 6.45) is -7.67. The smallest absolute Gasteiger partial charge is 0.280 e. The molecular formula is C14H21N5O10P2. The number of nitrogens with one attached hydrogen (secondary N) is 1. The summed E-state index contributed by atoms with van der Waals surface area (Å²) in [6, 6.07) is 0. The van der Waals surface area contributed by atoms with Gasteiger partial charge in [-0.25, -0.2) is 4.98 Å². The first kappa shape index (κ1) is 24.0. The summed E-state index contributed by atoms with van der Waals surface area (Å²) < 4.78 is 23.4. The van der Waals surface area contributed by atoms with Crippen LogP contribution in [0.25, 0.3) is 11.2 Å². The minimum absolute atomic E-state index is 0.0101. The summed E-state index contributed by atoms with van der Waals surface area (Å²) in [7, 11) is -2.94. The van der Waals surface area contributed by atoms with Gasteiger partial charge in [-0.15, -0.1) is 0 Å². The van der Waals surface area contributed by atoms with Crippen LogP contribution in [0.1, 0.15) is 6.23 Å². The Hall–Kier alpha value is -1.64. The molecule has 3 heterocycles. The van der Waals surface area contributed by atoms with Gasteiger partial charge in [0.05, 0.1) is 19.5 Å². The fraction of sp³-hybridized carbons (Fsp3) is 0.643. The maximum Gasteiger partial charge on any atom is 0.280 e. The largest absolute Gasteiger partial charge is 0.394 e. The molecule has 0 radical (unpaired) electrons. The van der Waals surface area contributed by atoms with Gasteiger partial charge in [0.15, 0.2) is 25.2 Å². The van der Waals surface area contributed by atoms with Gasteiger partial charge in [0.1, 0.15) is 36.4 Å². The second kappa shape index (κ2) is 9.88. The molecule has 1 aliphatic heterocycles. The van der Waals surface area contributed by atoms with Gasteiger partial charge in [-0.05, 0) is 0 Å². The van der Waals surface area contributed by atoms with Crippen LogP contribution in [0.5, 0.6) is 0 Å². The van der Waals surface area contributed by atoms with Crippen LogP contribution in [-0.4, -0.2) is 99.7 Å². The van der Waals surface area contributed by atoms with E-state index in [1.807, 2.05) is 0 Å². The molecule has 15 nitrogen and oxygen atoms in total. The van der Waals surface area contributed by atoms with Crippen molar-refractivity contribution in [2.24, 2.45) is 0 Å². The highest BCUT2D eigenvalue weighted by molar-refractivity contribution is 8.14. The summed E-state index contributed by atoms with van der Waals surface area (Å²) in [5, 5.41) is 58.7. The molecule has 0 amide bonds. The highest BCUT2D eigenvalue weighted by Crippen LogP contribution is 2.55. The van der Waals surface area contributed by atoms with Crippen LogP contribution in [0.3, 0.4) is 0 Å². The van der Waals surface area contributed by atoms with Gasteiger partial charge in [0, 0.05) is 0 Å². The zero-order valence-corrected chi connectivity index (χ0v) is 17.5. The number of anilines is 1. The molecule has 1 saturated heterocycles. The van der Waals surface area contributed by atoms with Crippen LogP contribution >= 0.6 is 16.0 Å². The van der Waals surface area contributed by atoms with Crippen LogP contribution in [0.15, 0.2) is 11.1 Å². The third kappa shape index (κ3) is 4.76. The first-order chi connectivity index (χ1) is 14.7. The normalized spacial score (nSPS) is 28.1. The minimum atomic E-state index is -2.26. The molecule has 0 spiro atoms. The molecule has 31 heavy (non-hydrogen) atoms. The number of rotatable bonds is 9. The first-order valence-corrected chi connectivity index (χ1v) is 11.7. The number of aliphatic hydroxyl groups excluding tert-OH is 6. The van der Waals surface area contributed by atoms with E-state index >= 15 is 0 Å². The standard InChI is InChI=1S/C14H21N5O10P2/c15-14-17-10-6(11(25)18-14)16-3-19(10)12-9(24)8(23)5(29-12)2-28-31(30-27)13(26)7(22)4(21)1-20/h3-5,7-9,12-13,20-24,26H,1-2H2,(H3,15,17,18,25)/t4-,5-,7-,8-,9-,12-,13-,31-/m1/s1. The predicted molar refractivity (Wildman–Crippen MR) is 104 cm³/mol. The molecule has 17 heteroatoms. The van der Waals surface area contributed by atoms with E-state index in [1.54, 1.807) is 0 Å². The maximum absolute atomic E-state index is 11.9. The molecule has 1 aliphatic rings. The average molecular weight is 481 g/mol. The number of nitrogens with two attached hydrogens (primary N) is 1. The molecule has 1 fully saturated rings. The zero-order valence-electron chi connectivity index (χ0n) is 15.7. The van der Waals surface area contributed by atoms with E-state index < -0.39 is 77.4 Å². The van der Waals surface area contributed by atoms with Crippen molar-refractivity contribution in [2.45, 2.75) is 42.6 Å². The second-order valence-corrected chi connectivity index (χ2v) is 9.88. The number of ether oxygens (including phenoxy) is 1. The Kier molecular flexibility index (Phi) is 7.65. The number of nitrogens with zero attached hydrogens (tertiary/aromatic N) is 3. The van der Waals surface area contributed by atoms with E-state index in [1.165, 1.54) is 10.9 Å². The summed E-state index contributed by atoms with van der Waals surface area (Å²) >= 11 is 0. The number of aromatic amines is 1. The third-order valence-corrected chi connectivity index (χ3v) is 7.50. The molecule has 0 bridgehead atoms. The van der Waals surface area contributed by atoms with Gasteiger partial charge < -0.3 is 45.6 Å². The molecule has 0 aromatic carbocycles. The molecule has 2 aromatic rings. The number of nitrogen functional groups attached to an aromatic ring is 1. The van der Waals surface area contributed by atoms with Crippen molar-refractivity contribution in [3.8, 4) is 0 Å². The van der Waals surface area contributed by atoms with Crippen LogP contribution < -0.4 is 11.3 Å². The monoisotopic (exact) mass is 481 g/mol. The molecule has 0 saturated carbocycles. The van der Waals surface area contributed by atoms with Crippen LogP contribution in [0, 0.1) is 0 Å². The Morgan fingerprint density at radius 1 is 1.35 bits per heavy atom. The lowest BCUT2D eigenvalue weighted by Gasteiger charge is -2.25. The van der Waals surface area contributed by atoms with Gasteiger partial charge in [0.25, 0.3) is 5.56 Å². The van der Waals surface area contributed by atoms with Gasteiger partial charge in [-0.2, -0.15) is 4.98 Å². The fourth-order valence-corrected chi connectivity index (χ4v) is 5.06. The van der Waals surface area contributed by atoms with E-state index in [9.17, 15) is 34.9 Å². The molecule has 9 N–H and O–H groups in total. The van der Waals surface area contributed by atoms with Crippen molar-refractivity contribution in [1.29, 1.82) is 0 Å². The van der Waals surface area contributed by atoms with Gasteiger partial charge >= 0.3 is 0 Å². The summed E-state index contributed by atoms with van der Waals surface area (Å²) in [5.74, 6) is -1.96. The Balaban J connectivity index is 1.73. The van der Waals surface area contributed by atoms with Gasteiger partial charge in [-0.1, -0.05) is 0 Å². The SMILES string of the molecule is Nc1nc2c(ncn2[C@@H]2O[C@H](CO[P@](P=O)[C@@H](O)[C@H](O)[C@H](O)CO)[C@@H](O)[C@H]2O)c(=O)[nH]1. The molecular weight excluding hydrogens is 460 g/mol. The van der Waals surface area contributed by atoms with Crippen LogP contribution in [0.2, 0.25) is 0 Å². The first-order valence-electron chi connectivity index (χ1n) is 8.84. The van der Waals surface area contributed by atoms with Gasteiger partial charge in [0.2, 0.25) is 14.1 Å². The van der Waals surface area contributed by atoms with E-state index in [0.29, 0.717) is 0 Å². The maximum atomic E-state index is 11.9.